The number of phenols is 1. The van der Waals surface area contributed by atoms with Crippen LogP contribution in [0.25, 0.3) is 10.9 Å². The standard InChI is InChI=1S/C22H21F3N2O/c1-12-8-15-14-4-2-3-5-18(14)26-20(15)21(27(12)11-22(25)6-7-22)19-16(23)9-13(28)10-17(19)24/h2-5,9-10,12,21,26,28H,6-8,11H2,1H3/t12-,21-/m1/s1. The molecule has 3 aromatic rings. The first-order chi connectivity index (χ1) is 13.4. The highest BCUT2D eigenvalue weighted by molar-refractivity contribution is 5.85. The van der Waals surface area contributed by atoms with Gasteiger partial charge in [0.2, 0.25) is 0 Å². The maximum atomic E-state index is 14.9. The topological polar surface area (TPSA) is 39.3 Å². The zero-order chi connectivity index (χ0) is 19.6. The van der Waals surface area contributed by atoms with E-state index in [1.807, 2.05) is 36.1 Å². The number of aromatic nitrogens is 1. The first-order valence-corrected chi connectivity index (χ1v) is 9.58. The van der Waals surface area contributed by atoms with Gasteiger partial charge in [0.25, 0.3) is 0 Å². The molecule has 1 aliphatic heterocycles. The molecule has 1 aromatic heterocycles. The second kappa shape index (κ2) is 6.01. The number of aromatic hydroxyl groups is 1. The third-order valence-corrected chi connectivity index (χ3v) is 6.11. The molecule has 1 aliphatic carbocycles. The molecule has 2 aliphatic rings. The van der Waals surface area contributed by atoms with Gasteiger partial charge < -0.3 is 10.1 Å². The summed E-state index contributed by atoms with van der Waals surface area (Å²) >= 11 is 0. The van der Waals surface area contributed by atoms with E-state index in [1.54, 1.807) is 0 Å². The van der Waals surface area contributed by atoms with Crippen molar-refractivity contribution in [3.63, 3.8) is 0 Å². The van der Waals surface area contributed by atoms with Crippen molar-refractivity contribution < 1.29 is 18.3 Å². The summed E-state index contributed by atoms with van der Waals surface area (Å²) in [5, 5.41) is 10.6. The predicted molar refractivity (Wildman–Crippen MR) is 101 cm³/mol. The maximum absolute atomic E-state index is 14.9. The minimum Gasteiger partial charge on any atom is -0.508 e. The van der Waals surface area contributed by atoms with E-state index in [-0.39, 0.29) is 18.2 Å². The lowest BCUT2D eigenvalue weighted by Gasteiger charge is -2.41. The number of H-pyrrole nitrogens is 1. The van der Waals surface area contributed by atoms with Crippen molar-refractivity contribution in [1.82, 2.24) is 9.88 Å². The fraction of sp³-hybridized carbons (Fsp3) is 0.364. The Hall–Kier alpha value is -2.47. The fourth-order valence-corrected chi connectivity index (χ4v) is 4.52. The highest BCUT2D eigenvalue weighted by Gasteiger charge is 2.49. The number of para-hydroxylation sites is 1. The van der Waals surface area contributed by atoms with Gasteiger partial charge >= 0.3 is 0 Å². The minimum absolute atomic E-state index is 0.0856. The van der Waals surface area contributed by atoms with Crippen LogP contribution in [0.15, 0.2) is 36.4 Å². The monoisotopic (exact) mass is 386 g/mol. The predicted octanol–water partition coefficient (Wildman–Crippen LogP) is 4.99. The lowest BCUT2D eigenvalue weighted by molar-refractivity contribution is 0.0934. The Balaban J connectivity index is 1.74. The number of benzene rings is 2. The summed E-state index contributed by atoms with van der Waals surface area (Å²) in [5.74, 6) is -2.11. The first-order valence-electron chi connectivity index (χ1n) is 9.58. The summed E-state index contributed by atoms with van der Waals surface area (Å²) < 4.78 is 44.4. The van der Waals surface area contributed by atoms with Crippen molar-refractivity contribution in [2.24, 2.45) is 0 Å². The number of phenolic OH excluding ortho intramolecular Hbond substituents is 1. The number of fused-ring (bicyclic) bond motifs is 3. The van der Waals surface area contributed by atoms with Gasteiger partial charge in [0.05, 0.1) is 6.04 Å². The molecular formula is C22H21F3N2O. The maximum Gasteiger partial charge on any atom is 0.135 e. The summed E-state index contributed by atoms with van der Waals surface area (Å²) in [6.07, 6.45) is 1.62. The van der Waals surface area contributed by atoms with Gasteiger partial charge in [0.15, 0.2) is 0 Å². The lowest BCUT2D eigenvalue weighted by atomic mass is 9.87. The van der Waals surface area contributed by atoms with Gasteiger partial charge in [0, 0.05) is 46.9 Å². The van der Waals surface area contributed by atoms with E-state index in [0.717, 1.165) is 28.6 Å². The van der Waals surface area contributed by atoms with Crippen LogP contribution in [-0.4, -0.2) is 33.2 Å². The Morgan fingerprint density at radius 3 is 2.54 bits per heavy atom. The van der Waals surface area contributed by atoms with E-state index in [4.69, 9.17) is 0 Å². The molecule has 2 aromatic carbocycles. The fourth-order valence-electron chi connectivity index (χ4n) is 4.52. The quantitative estimate of drug-likeness (QED) is 0.666. The SMILES string of the molecule is C[C@@H]1Cc2c([nH]c3ccccc23)[C@@H](c2c(F)cc(O)cc2F)N1CC1(F)CC1. The summed E-state index contributed by atoms with van der Waals surface area (Å²) in [4.78, 5) is 5.19. The molecule has 28 heavy (non-hydrogen) atoms. The van der Waals surface area contributed by atoms with Gasteiger partial charge in [-0.3, -0.25) is 4.90 Å². The van der Waals surface area contributed by atoms with Crippen LogP contribution >= 0.6 is 0 Å². The molecule has 2 atom stereocenters. The number of nitrogens with zero attached hydrogens (tertiary/aromatic N) is 1. The molecule has 0 radical (unpaired) electrons. The summed E-state index contributed by atoms with van der Waals surface area (Å²) in [7, 11) is 0. The molecule has 146 valence electrons. The average Bonchev–Trinajstić information content (AvgIpc) is 3.25. The highest BCUT2D eigenvalue weighted by Crippen LogP contribution is 2.47. The Morgan fingerprint density at radius 1 is 1.18 bits per heavy atom. The molecule has 2 heterocycles. The molecule has 0 unspecified atom stereocenters. The zero-order valence-corrected chi connectivity index (χ0v) is 15.5. The Morgan fingerprint density at radius 2 is 1.86 bits per heavy atom. The number of hydrogen-bond acceptors (Lipinski definition) is 2. The summed E-state index contributed by atoms with van der Waals surface area (Å²) in [6, 6.07) is 8.73. The van der Waals surface area contributed by atoms with E-state index in [0.29, 0.717) is 25.0 Å². The molecule has 0 bridgehead atoms. The smallest absolute Gasteiger partial charge is 0.135 e. The number of halogens is 3. The minimum atomic E-state index is -1.29. The highest BCUT2D eigenvalue weighted by atomic mass is 19.1. The van der Waals surface area contributed by atoms with E-state index in [9.17, 15) is 18.3 Å². The van der Waals surface area contributed by atoms with Crippen LogP contribution in [0.5, 0.6) is 5.75 Å². The van der Waals surface area contributed by atoms with Gasteiger partial charge in [-0.2, -0.15) is 0 Å². The van der Waals surface area contributed by atoms with E-state index < -0.39 is 29.1 Å². The number of alkyl halides is 1. The molecule has 3 nitrogen and oxygen atoms in total. The number of nitrogens with one attached hydrogen (secondary N) is 1. The van der Waals surface area contributed by atoms with Gasteiger partial charge in [-0.15, -0.1) is 0 Å². The normalized spacial score (nSPS) is 23.7. The molecule has 0 amide bonds. The molecule has 2 N–H and O–H groups in total. The zero-order valence-electron chi connectivity index (χ0n) is 15.5. The molecule has 0 spiro atoms. The molecule has 0 saturated heterocycles. The van der Waals surface area contributed by atoms with Gasteiger partial charge in [0.1, 0.15) is 23.1 Å². The Kier molecular flexibility index (Phi) is 3.78. The Bertz CT molecular complexity index is 1050. The van der Waals surface area contributed by atoms with Crippen LogP contribution in [0.4, 0.5) is 13.2 Å². The van der Waals surface area contributed by atoms with Crippen LogP contribution < -0.4 is 0 Å². The summed E-state index contributed by atoms with van der Waals surface area (Å²) in [5.41, 5.74) is 1.17. The van der Waals surface area contributed by atoms with Crippen LogP contribution in [0.1, 0.15) is 42.6 Å². The lowest BCUT2D eigenvalue weighted by Crippen LogP contribution is -2.46. The van der Waals surface area contributed by atoms with Crippen molar-refractivity contribution in [3.8, 4) is 5.75 Å². The van der Waals surface area contributed by atoms with Crippen molar-refractivity contribution in [2.75, 3.05) is 6.54 Å². The van der Waals surface area contributed by atoms with E-state index in [1.165, 1.54) is 0 Å². The van der Waals surface area contributed by atoms with Gasteiger partial charge in [-0.1, -0.05) is 18.2 Å². The van der Waals surface area contributed by atoms with Crippen molar-refractivity contribution in [1.29, 1.82) is 0 Å². The van der Waals surface area contributed by atoms with Crippen LogP contribution in [0, 0.1) is 11.6 Å². The van der Waals surface area contributed by atoms with Crippen LogP contribution in [-0.2, 0) is 6.42 Å². The van der Waals surface area contributed by atoms with E-state index >= 15 is 0 Å². The van der Waals surface area contributed by atoms with E-state index in [2.05, 4.69) is 4.98 Å². The third-order valence-electron chi connectivity index (χ3n) is 6.11. The van der Waals surface area contributed by atoms with Crippen molar-refractivity contribution >= 4 is 10.9 Å². The Labute approximate surface area is 160 Å². The van der Waals surface area contributed by atoms with Crippen molar-refractivity contribution in [3.05, 3.63) is 64.9 Å². The second-order valence-electron chi connectivity index (χ2n) is 8.16. The molecule has 1 saturated carbocycles. The molecule has 5 rings (SSSR count). The molecular weight excluding hydrogens is 365 g/mol. The average molecular weight is 386 g/mol. The van der Waals surface area contributed by atoms with Crippen LogP contribution in [0.2, 0.25) is 0 Å². The van der Waals surface area contributed by atoms with Gasteiger partial charge in [-0.05, 0) is 37.8 Å². The van der Waals surface area contributed by atoms with Crippen LogP contribution in [0.3, 0.4) is 0 Å². The third kappa shape index (κ3) is 2.70. The van der Waals surface area contributed by atoms with Gasteiger partial charge in [-0.25, -0.2) is 13.2 Å². The van der Waals surface area contributed by atoms with Crippen molar-refractivity contribution in [2.45, 2.75) is 43.9 Å². The number of aromatic amines is 1. The first kappa shape index (κ1) is 17.6. The second-order valence-corrected chi connectivity index (χ2v) is 8.16. The molecule has 6 heteroatoms. The molecule has 1 fully saturated rings. The largest absolute Gasteiger partial charge is 0.508 e. The summed E-state index contributed by atoms with van der Waals surface area (Å²) in [6.45, 7) is 2.10. The number of hydrogen-bond donors (Lipinski definition) is 2. The number of rotatable bonds is 3.